The summed E-state index contributed by atoms with van der Waals surface area (Å²) in [6, 6.07) is 2.50. The maximum atomic E-state index is 6.44. The molecule has 1 aromatic heterocycles. The number of hydrogen-bond donors (Lipinski definition) is 1. The molecule has 3 heteroatoms. The zero-order chi connectivity index (χ0) is 13.4. The van der Waals surface area contributed by atoms with Crippen molar-refractivity contribution in [2.75, 3.05) is 11.5 Å². The van der Waals surface area contributed by atoms with Gasteiger partial charge in [-0.2, -0.15) is 11.8 Å². The number of nitrogens with two attached hydrogens (primary N) is 1. The molecular formula is C15H27NS2. The summed E-state index contributed by atoms with van der Waals surface area (Å²) in [4.78, 5) is 1.43. The van der Waals surface area contributed by atoms with Gasteiger partial charge in [-0.3, -0.25) is 0 Å². The van der Waals surface area contributed by atoms with Gasteiger partial charge in [-0.1, -0.05) is 27.2 Å². The van der Waals surface area contributed by atoms with Crippen molar-refractivity contribution >= 4 is 23.1 Å². The second-order valence-corrected chi connectivity index (χ2v) is 7.24. The molecule has 0 bridgehead atoms. The third kappa shape index (κ3) is 4.94. The highest BCUT2D eigenvalue weighted by atomic mass is 32.2. The van der Waals surface area contributed by atoms with Gasteiger partial charge in [-0.15, -0.1) is 11.3 Å². The van der Waals surface area contributed by atoms with Gasteiger partial charge in [0.2, 0.25) is 0 Å². The van der Waals surface area contributed by atoms with Crippen LogP contribution in [-0.4, -0.2) is 11.5 Å². The summed E-state index contributed by atoms with van der Waals surface area (Å²) >= 11 is 3.86. The normalized spacial score (nSPS) is 14.7. The SMILES string of the molecule is CCCCc1ccsc1C(N)C(C)CCSCC. The molecule has 0 saturated carbocycles. The number of rotatable bonds is 9. The van der Waals surface area contributed by atoms with Gasteiger partial charge >= 0.3 is 0 Å². The first kappa shape index (κ1) is 16.1. The van der Waals surface area contributed by atoms with Crippen LogP contribution in [0.3, 0.4) is 0 Å². The van der Waals surface area contributed by atoms with Crippen molar-refractivity contribution < 1.29 is 0 Å². The van der Waals surface area contributed by atoms with Crippen molar-refractivity contribution in [3.05, 3.63) is 21.9 Å². The molecule has 1 heterocycles. The molecule has 0 radical (unpaired) electrons. The first-order chi connectivity index (χ1) is 8.70. The van der Waals surface area contributed by atoms with Crippen molar-refractivity contribution in [2.24, 2.45) is 11.7 Å². The number of unbranched alkanes of at least 4 members (excludes halogenated alkanes) is 1. The van der Waals surface area contributed by atoms with E-state index in [1.165, 1.54) is 47.6 Å². The molecule has 0 saturated heterocycles. The van der Waals surface area contributed by atoms with E-state index in [0.29, 0.717) is 5.92 Å². The maximum absolute atomic E-state index is 6.44. The Morgan fingerprint density at radius 2 is 2.17 bits per heavy atom. The van der Waals surface area contributed by atoms with E-state index in [1.807, 2.05) is 23.1 Å². The van der Waals surface area contributed by atoms with E-state index in [1.54, 1.807) is 0 Å². The summed E-state index contributed by atoms with van der Waals surface area (Å²) in [5.74, 6) is 3.03. The summed E-state index contributed by atoms with van der Waals surface area (Å²) in [5.41, 5.74) is 7.93. The van der Waals surface area contributed by atoms with Crippen LogP contribution in [-0.2, 0) is 6.42 Å². The zero-order valence-electron chi connectivity index (χ0n) is 11.9. The van der Waals surface area contributed by atoms with Crippen LogP contribution in [0.2, 0.25) is 0 Å². The fourth-order valence-corrected chi connectivity index (χ4v) is 3.98. The summed E-state index contributed by atoms with van der Waals surface area (Å²) in [5, 5.41) is 2.20. The van der Waals surface area contributed by atoms with Gasteiger partial charge in [0.05, 0.1) is 0 Å². The largest absolute Gasteiger partial charge is 0.323 e. The molecule has 2 atom stereocenters. The Morgan fingerprint density at radius 3 is 2.83 bits per heavy atom. The van der Waals surface area contributed by atoms with Gasteiger partial charge in [0.25, 0.3) is 0 Å². The topological polar surface area (TPSA) is 26.0 Å². The van der Waals surface area contributed by atoms with Crippen LogP contribution in [0.5, 0.6) is 0 Å². The van der Waals surface area contributed by atoms with Crippen molar-refractivity contribution in [1.82, 2.24) is 0 Å². The molecule has 18 heavy (non-hydrogen) atoms. The maximum Gasteiger partial charge on any atom is 0.0418 e. The number of thiophene rings is 1. The fourth-order valence-electron chi connectivity index (χ4n) is 2.07. The molecule has 0 aliphatic rings. The minimum Gasteiger partial charge on any atom is -0.323 e. The van der Waals surface area contributed by atoms with Crippen LogP contribution < -0.4 is 5.73 Å². The summed E-state index contributed by atoms with van der Waals surface area (Å²) < 4.78 is 0. The summed E-state index contributed by atoms with van der Waals surface area (Å²) in [7, 11) is 0. The van der Waals surface area contributed by atoms with E-state index >= 15 is 0 Å². The van der Waals surface area contributed by atoms with E-state index in [-0.39, 0.29) is 6.04 Å². The van der Waals surface area contributed by atoms with E-state index in [4.69, 9.17) is 5.73 Å². The Bertz CT molecular complexity index is 322. The minimum absolute atomic E-state index is 0.231. The fraction of sp³-hybridized carbons (Fsp3) is 0.733. The average molecular weight is 286 g/mol. The van der Waals surface area contributed by atoms with Gasteiger partial charge in [0.15, 0.2) is 0 Å². The predicted octanol–water partition coefficient (Wildman–Crippen LogP) is 4.87. The molecule has 0 aliphatic heterocycles. The van der Waals surface area contributed by atoms with Crippen LogP contribution in [0.25, 0.3) is 0 Å². The molecule has 2 unspecified atom stereocenters. The van der Waals surface area contributed by atoms with Gasteiger partial charge in [0, 0.05) is 10.9 Å². The van der Waals surface area contributed by atoms with Crippen molar-refractivity contribution in [3.8, 4) is 0 Å². The first-order valence-electron chi connectivity index (χ1n) is 7.10. The smallest absolute Gasteiger partial charge is 0.0418 e. The lowest BCUT2D eigenvalue weighted by molar-refractivity contribution is 0.463. The Hall–Kier alpha value is 0.01000. The van der Waals surface area contributed by atoms with Crippen LogP contribution in [0, 0.1) is 5.92 Å². The standard InChI is InChI=1S/C15H27NS2/c1-4-6-7-13-9-11-18-15(13)14(16)12(3)8-10-17-5-2/h9,11-12,14H,4-8,10,16H2,1-3H3. The third-order valence-corrected chi connectivity index (χ3v) is 5.41. The highest BCUT2D eigenvalue weighted by molar-refractivity contribution is 7.99. The molecule has 0 aromatic carbocycles. The van der Waals surface area contributed by atoms with Crippen LogP contribution in [0.4, 0.5) is 0 Å². The van der Waals surface area contributed by atoms with Gasteiger partial charge in [0.1, 0.15) is 0 Å². The number of thioether (sulfide) groups is 1. The Balaban J connectivity index is 2.53. The number of aryl methyl sites for hydroxylation is 1. The van der Waals surface area contributed by atoms with E-state index in [0.717, 1.165) is 0 Å². The molecule has 1 rings (SSSR count). The average Bonchev–Trinajstić information content (AvgIpc) is 2.83. The van der Waals surface area contributed by atoms with E-state index in [9.17, 15) is 0 Å². The molecule has 0 fully saturated rings. The third-order valence-electron chi connectivity index (χ3n) is 3.42. The second-order valence-electron chi connectivity index (χ2n) is 4.90. The molecule has 104 valence electrons. The predicted molar refractivity (Wildman–Crippen MR) is 86.6 cm³/mol. The van der Waals surface area contributed by atoms with Gasteiger partial charge in [-0.05, 0) is 53.7 Å². The van der Waals surface area contributed by atoms with Gasteiger partial charge in [-0.25, -0.2) is 0 Å². The summed E-state index contributed by atoms with van der Waals surface area (Å²) in [6.45, 7) is 6.76. The van der Waals surface area contributed by atoms with Crippen LogP contribution in [0.1, 0.15) is 56.5 Å². The van der Waals surface area contributed by atoms with Crippen molar-refractivity contribution in [3.63, 3.8) is 0 Å². The lowest BCUT2D eigenvalue weighted by Gasteiger charge is -2.20. The Kier molecular flexibility index (Phi) is 8.03. The monoisotopic (exact) mass is 285 g/mol. The van der Waals surface area contributed by atoms with E-state index in [2.05, 4.69) is 32.2 Å². The second kappa shape index (κ2) is 9.00. The molecule has 2 N–H and O–H groups in total. The van der Waals surface area contributed by atoms with Crippen LogP contribution in [0.15, 0.2) is 11.4 Å². The highest BCUT2D eigenvalue weighted by Gasteiger charge is 2.18. The zero-order valence-corrected chi connectivity index (χ0v) is 13.6. The molecule has 1 nitrogen and oxygen atoms in total. The van der Waals surface area contributed by atoms with Crippen LogP contribution >= 0.6 is 23.1 Å². The van der Waals surface area contributed by atoms with Crippen molar-refractivity contribution in [1.29, 1.82) is 0 Å². The molecule has 0 aliphatic carbocycles. The number of hydrogen-bond acceptors (Lipinski definition) is 3. The Morgan fingerprint density at radius 1 is 1.39 bits per heavy atom. The lowest BCUT2D eigenvalue weighted by Crippen LogP contribution is -2.19. The van der Waals surface area contributed by atoms with E-state index < -0.39 is 0 Å². The lowest BCUT2D eigenvalue weighted by atomic mass is 9.95. The highest BCUT2D eigenvalue weighted by Crippen LogP contribution is 2.31. The first-order valence-corrected chi connectivity index (χ1v) is 9.13. The molecule has 0 amide bonds. The molecule has 0 spiro atoms. The molecular weight excluding hydrogens is 258 g/mol. The quantitative estimate of drug-likeness (QED) is 0.655. The summed E-state index contributed by atoms with van der Waals surface area (Å²) in [6.07, 6.45) is 4.95. The molecule has 1 aromatic rings. The Labute approximate surface area is 121 Å². The van der Waals surface area contributed by atoms with Gasteiger partial charge < -0.3 is 5.73 Å². The van der Waals surface area contributed by atoms with Crippen molar-refractivity contribution in [2.45, 2.75) is 52.5 Å². The minimum atomic E-state index is 0.231.